The normalized spacial score (nSPS) is 33.7. The first kappa shape index (κ1) is 13.1. The summed E-state index contributed by atoms with van der Waals surface area (Å²) >= 11 is 0. The second-order valence-corrected chi connectivity index (χ2v) is 4.68. The van der Waals surface area contributed by atoms with Crippen LogP contribution in [0.5, 0.6) is 0 Å². The van der Waals surface area contributed by atoms with E-state index in [4.69, 9.17) is 20.4 Å². The lowest BCUT2D eigenvalue weighted by Crippen LogP contribution is -2.52. The van der Waals surface area contributed by atoms with Crippen LogP contribution in [0.15, 0.2) is 5.16 Å². The molecule has 0 aliphatic carbocycles. The Labute approximate surface area is 106 Å². The van der Waals surface area contributed by atoms with Crippen LogP contribution in [0.2, 0.25) is 0 Å². The van der Waals surface area contributed by atoms with E-state index in [9.17, 15) is 4.79 Å². The third kappa shape index (κ3) is 2.73. The molecule has 3 unspecified atom stereocenters. The van der Waals surface area contributed by atoms with Crippen molar-refractivity contribution in [2.75, 3.05) is 19.7 Å². The minimum atomic E-state index is -0.536. The lowest BCUT2D eigenvalue weighted by atomic mass is 10.1. The van der Waals surface area contributed by atoms with Crippen molar-refractivity contribution in [3.05, 3.63) is 0 Å². The summed E-state index contributed by atoms with van der Waals surface area (Å²) in [5.41, 5.74) is 5.49. The highest BCUT2D eigenvalue weighted by molar-refractivity contribution is 5.86. The molecular formula is C11H19N3O4. The molecule has 2 aliphatic rings. The molecule has 0 aromatic carbocycles. The van der Waals surface area contributed by atoms with Gasteiger partial charge in [0, 0.05) is 6.54 Å². The summed E-state index contributed by atoms with van der Waals surface area (Å²) in [6.45, 7) is 3.17. The van der Waals surface area contributed by atoms with Crippen LogP contribution in [0, 0.1) is 0 Å². The van der Waals surface area contributed by atoms with Gasteiger partial charge in [0.1, 0.15) is 12.2 Å². The molecule has 102 valence electrons. The number of ether oxygens (including phenoxy) is 2. The van der Waals surface area contributed by atoms with E-state index in [1.807, 2.05) is 6.92 Å². The molecule has 7 heteroatoms. The smallest absolute Gasteiger partial charge is 0.251 e. The number of carbonyl (C=O) groups is 1. The molecule has 3 N–H and O–H groups in total. The third-order valence-electron chi connectivity index (χ3n) is 3.33. The zero-order valence-corrected chi connectivity index (χ0v) is 10.4. The highest BCUT2D eigenvalue weighted by atomic mass is 16.5. The number of nitrogens with two attached hydrogens (primary N) is 1. The maximum absolute atomic E-state index is 12.2. The molecule has 0 aromatic rings. The first-order chi connectivity index (χ1) is 8.61. The Hall–Kier alpha value is -1.34. The fourth-order valence-corrected chi connectivity index (χ4v) is 2.28. The van der Waals surface area contributed by atoms with E-state index >= 15 is 0 Å². The zero-order chi connectivity index (χ0) is 13.1. The van der Waals surface area contributed by atoms with Crippen LogP contribution in [0.3, 0.4) is 0 Å². The molecule has 0 radical (unpaired) electrons. The van der Waals surface area contributed by atoms with Gasteiger partial charge in [-0.15, -0.1) is 0 Å². The van der Waals surface area contributed by atoms with Crippen molar-refractivity contribution in [2.45, 2.75) is 38.1 Å². The molecule has 0 saturated carbocycles. The van der Waals surface area contributed by atoms with Gasteiger partial charge in [-0.2, -0.15) is 0 Å². The van der Waals surface area contributed by atoms with Crippen LogP contribution in [0.25, 0.3) is 0 Å². The summed E-state index contributed by atoms with van der Waals surface area (Å²) in [7, 11) is 0. The molecule has 0 aromatic heterocycles. The van der Waals surface area contributed by atoms with Crippen LogP contribution in [0.1, 0.15) is 19.8 Å². The maximum atomic E-state index is 12.2. The van der Waals surface area contributed by atoms with E-state index in [0.29, 0.717) is 19.7 Å². The van der Waals surface area contributed by atoms with Crippen LogP contribution in [-0.4, -0.2) is 59.9 Å². The molecule has 2 heterocycles. The Morgan fingerprint density at radius 1 is 1.44 bits per heavy atom. The van der Waals surface area contributed by atoms with Gasteiger partial charge in [-0.1, -0.05) is 5.16 Å². The van der Waals surface area contributed by atoms with E-state index in [1.165, 1.54) is 0 Å². The number of morpholine rings is 1. The Kier molecular flexibility index (Phi) is 4.03. The minimum absolute atomic E-state index is 0.00629. The topological polar surface area (TPSA) is 97.4 Å². The number of amidine groups is 1. The zero-order valence-electron chi connectivity index (χ0n) is 10.4. The van der Waals surface area contributed by atoms with Crippen LogP contribution < -0.4 is 5.73 Å². The van der Waals surface area contributed by atoms with Gasteiger partial charge in [-0.25, -0.2) is 0 Å². The molecule has 2 fully saturated rings. The molecular weight excluding hydrogens is 238 g/mol. The van der Waals surface area contributed by atoms with Gasteiger partial charge in [0.25, 0.3) is 5.91 Å². The maximum Gasteiger partial charge on any atom is 0.251 e. The average molecular weight is 257 g/mol. The Balaban J connectivity index is 1.94. The second-order valence-electron chi connectivity index (χ2n) is 4.68. The summed E-state index contributed by atoms with van der Waals surface area (Å²) < 4.78 is 10.9. The monoisotopic (exact) mass is 257 g/mol. The highest BCUT2D eigenvalue weighted by Gasteiger charge is 2.34. The second kappa shape index (κ2) is 5.53. The summed E-state index contributed by atoms with van der Waals surface area (Å²) in [6, 6.07) is 0. The molecule has 18 heavy (non-hydrogen) atoms. The van der Waals surface area contributed by atoms with E-state index in [2.05, 4.69) is 5.16 Å². The molecule has 1 amide bonds. The molecule has 2 rings (SSSR count). The standard InChI is InChI=1S/C11H19N3O4/c1-7-2-3-8(18-7)11(15)14-4-5-17-9(6-14)10(12)13-16/h7-9,16H,2-6H2,1H3,(H2,12,13). The molecule has 2 saturated heterocycles. The van der Waals surface area contributed by atoms with Crippen molar-refractivity contribution >= 4 is 11.7 Å². The van der Waals surface area contributed by atoms with E-state index in [-0.39, 0.29) is 24.0 Å². The van der Waals surface area contributed by atoms with Crippen molar-refractivity contribution in [3.8, 4) is 0 Å². The lowest BCUT2D eigenvalue weighted by molar-refractivity contribution is -0.148. The summed E-state index contributed by atoms with van der Waals surface area (Å²) in [6.07, 6.45) is 0.910. The summed E-state index contributed by atoms with van der Waals surface area (Å²) in [4.78, 5) is 13.9. The number of amides is 1. The van der Waals surface area contributed by atoms with Gasteiger partial charge in [-0.05, 0) is 19.8 Å². The van der Waals surface area contributed by atoms with Crippen molar-refractivity contribution in [2.24, 2.45) is 10.9 Å². The van der Waals surface area contributed by atoms with Crippen LogP contribution >= 0.6 is 0 Å². The molecule has 7 nitrogen and oxygen atoms in total. The van der Waals surface area contributed by atoms with Gasteiger partial charge in [-0.3, -0.25) is 4.79 Å². The first-order valence-corrected chi connectivity index (χ1v) is 6.15. The largest absolute Gasteiger partial charge is 0.409 e. The first-order valence-electron chi connectivity index (χ1n) is 6.15. The third-order valence-corrected chi connectivity index (χ3v) is 3.33. The molecule has 0 bridgehead atoms. The Morgan fingerprint density at radius 3 is 2.83 bits per heavy atom. The van der Waals surface area contributed by atoms with E-state index < -0.39 is 6.10 Å². The van der Waals surface area contributed by atoms with Crippen LogP contribution in [-0.2, 0) is 14.3 Å². The SMILES string of the molecule is CC1CCC(C(=O)N2CCOC(C(N)=NO)C2)O1. The van der Waals surface area contributed by atoms with Crippen molar-refractivity contribution in [1.29, 1.82) is 0 Å². The fraction of sp³-hybridized carbons (Fsp3) is 0.818. The van der Waals surface area contributed by atoms with E-state index in [1.54, 1.807) is 4.90 Å². The Morgan fingerprint density at radius 2 is 2.22 bits per heavy atom. The quantitative estimate of drug-likeness (QED) is 0.301. The number of hydrogen-bond acceptors (Lipinski definition) is 5. The predicted molar refractivity (Wildman–Crippen MR) is 63.3 cm³/mol. The highest BCUT2D eigenvalue weighted by Crippen LogP contribution is 2.21. The molecule has 3 atom stereocenters. The van der Waals surface area contributed by atoms with Crippen LogP contribution in [0.4, 0.5) is 0 Å². The van der Waals surface area contributed by atoms with Gasteiger partial charge < -0.3 is 25.3 Å². The number of rotatable bonds is 2. The van der Waals surface area contributed by atoms with Gasteiger partial charge in [0.05, 0.1) is 19.3 Å². The van der Waals surface area contributed by atoms with Crippen molar-refractivity contribution in [1.82, 2.24) is 4.90 Å². The average Bonchev–Trinajstić information content (AvgIpc) is 2.83. The number of nitrogens with zero attached hydrogens (tertiary/aromatic N) is 2. The lowest BCUT2D eigenvalue weighted by Gasteiger charge is -2.33. The molecule has 2 aliphatic heterocycles. The fourth-order valence-electron chi connectivity index (χ4n) is 2.28. The Bertz CT molecular complexity index is 347. The number of oxime groups is 1. The van der Waals surface area contributed by atoms with Gasteiger partial charge in [0.2, 0.25) is 0 Å². The predicted octanol–water partition coefficient (Wildman–Crippen LogP) is -0.472. The molecule has 0 spiro atoms. The summed E-state index contributed by atoms with van der Waals surface area (Å²) in [5.74, 6) is -0.0356. The van der Waals surface area contributed by atoms with Gasteiger partial charge >= 0.3 is 0 Å². The van der Waals surface area contributed by atoms with Gasteiger partial charge in [0.15, 0.2) is 5.84 Å². The van der Waals surface area contributed by atoms with E-state index in [0.717, 1.165) is 12.8 Å². The van der Waals surface area contributed by atoms with Crippen molar-refractivity contribution < 1.29 is 19.5 Å². The minimum Gasteiger partial charge on any atom is -0.409 e. The summed E-state index contributed by atoms with van der Waals surface area (Å²) in [5, 5.41) is 11.5. The number of carbonyl (C=O) groups excluding carboxylic acids is 1. The number of hydrogen-bond donors (Lipinski definition) is 2. The van der Waals surface area contributed by atoms with Crippen molar-refractivity contribution in [3.63, 3.8) is 0 Å².